The normalized spacial score (nSPS) is 19.5. The van der Waals surface area contributed by atoms with Crippen LogP contribution in [0.5, 0.6) is 0 Å². The first-order valence-corrected chi connectivity index (χ1v) is 8.04. The Kier molecular flexibility index (Phi) is 5.61. The van der Waals surface area contributed by atoms with Gasteiger partial charge in [0.15, 0.2) is 0 Å². The summed E-state index contributed by atoms with van der Waals surface area (Å²) in [6.07, 6.45) is 4.47. The van der Waals surface area contributed by atoms with E-state index in [1.54, 1.807) is 0 Å². The molecule has 1 saturated heterocycles. The molecule has 1 aromatic heterocycles. The minimum absolute atomic E-state index is 0.574. The van der Waals surface area contributed by atoms with Crippen LogP contribution in [-0.2, 0) is 6.42 Å². The fourth-order valence-corrected chi connectivity index (χ4v) is 2.98. The summed E-state index contributed by atoms with van der Waals surface area (Å²) in [7, 11) is 0. The molecule has 0 spiro atoms. The van der Waals surface area contributed by atoms with Gasteiger partial charge in [-0.05, 0) is 39.3 Å². The van der Waals surface area contributed by atoms with E-state index in [1.807, 2.05) is 6.92 Å². The van der Waals surface area contributed by atoms with Crippen LogP contribution in [-0.4, -0.2) is 40.5 Å². The summed E-state index contributed by atoms with van der Waals surface area (Å²) in [5, 5.41) is 4.06. The van der Waals surface area contributed by atoms with E-state index >= 15 is 0 Å². The zero-order valence-electron chi connectivity index (χ0n) is 12.7. The SMILES string of the molecule is CCCc1nc(Cl)c(C)c(NCC2CCCN2CC)n1. The van der Waals surface area contributed by atoms with Gasteiger partial charge in [-0.15, -0.1) is 0 Å². The Labute approximate surface area is 126 Å². The lowest BCUT2D eigenvalue weighted by molar-refractivity contribution is 0.277. The lowest BCUT2D eigenvalue weighted by Crippen LogP contribution is -2.35. The largest absolute Gasteiger partial charge is 0.368 e. The number of anilines is 1. The van der Waals surface area contributed by atoms with Gasteiger partial charge in [0, 0.05) is 24.6 Å². The summed E-state index contributed by atoms with van der Waals surface area (Å²) in [6.45, 7) is 9.61. The summed E-state index contributed by atoms with van der Waals surface area (Å²) in [5.74, 6) is 1.74. The van der Waals surface area contributed by atoms with Gasteiger partial charge in [-0.25, -0.2) is 9.97 Å². The van der Waals surface area contributed by atoms with E-state index in [0.29, 0.717) is 11.2 Å². The second-order valence-electron chi connectivity index (χ2n) is 5.46. The molecule has 1 aromatic rings. The van der Waals surface area contributed by atoms with Gasteiger partial charge in [-0.3, -0.25) is 4.90 Å². The first-order valence-electron chi connectivity index (χ1n) is 7.66. The van der Waals surface area contributed by atoms with Crippen LogP contribution in [0.3, 0.4) is 0 Å². The van der Waals surface area contributed by atoms with Gasteiger partial charge in [-0.2, -0.15) is 0 Å². The summed E-state index contributed by atoms with van der Waals surface area (Å²) in [4.78, 5) is 11.5. The number of hydrogen-bond donors (Lipinski definition) is 1. The van der Waals surface area contributed by atoms with Gasteiger partial charge in [0.2, 0.25) is 0 Å². The van der Waals surface area contributed by atoms with E-state index in [0.717, 1.165) is 43.1 Å². The average Bonchev–Trinajstić information content (AvgIpc) is 2.89. The summed E-state index contributed by atoms with van der Waals surface area (Å²) in [5.41, 5.74) is 0.951. The molecule has 0 aliphatic carbocycles. The van der Waals surface area contributed by atoms with Crippen molar-refractivity contribution in [1.82, 2.24) is 14.9 Å². The zero-order chi connectivity index (χ0) is 14.5. The maximum Gasteiger partial charge on any atom is 0.137 e. The van der Waals surface area contributed by atoms with Crippen LogP contribution in [0, 0.1) is 6.92 Å². The molecule has 1 fully saturated rings. The highest BCUT2D eigenvalue weighted by Crippen LogP contribution is 2.22. The molecule has 1 aliphatic heterocycles. The number of likely N-dealkylation sites (N-methyl/N-ethyl adjacent to an activating group) is 1. The Hall–Kier alpha value is -0.870. The van der Waals surface area contributed by atoms with Crippen molar-refractivity contribution in [2.75, 3.05) is 25.0 Å². The molecule has 1 unspecified atom stereocenters. The third-order valence-electron chi connectivity index (χ3n) is 4.02. The lowest BCUT2D eigenvalue weighted by Gasteiger charge is -2.23. The van der Waals surface area contributed by atoms with Crippen LogP contribution in [0.1, 0.15) is 44.5 Å². The Morgan fingerprint density at radius 2 is 2.15 bits per heavy atom. The smallest absolute Gasteiger partial charge is 0.137 e. The second kappa shape index (κ2) is 7.23. The number of nitrogens with zero attached hydrogens (tertiary/aromatic N) is 3. The van der Waals surface area contributed by atoms with Crippen molar-refractivity contribution in [2.24, 2.45) is 0 Å². The van der Waals surface area contributed by atoms with Crippen LogP contribution in [0.2, 0.25) is 5.15 Å². The van der Waals surface area contributed by atoms with E-state index in [1.165, 1.54) is 19.4 Å². The average molecular weight is 297 g/mol. The molecular formula is C15H25ClN4. The van der Waals surface area contributed by atoms with E-state index in [2.05, 4.69) is 34.0 Å². The summed E-state index contributed by atoms with van der Waals surface area (Å²) in [6, 6.07) is 0.614. The molecule has 4 nitrogen and oxygen atoms in total. The number of halogens is 1. The van der Waals surface area contributed by atoms with Gasteiger partial charge < -0.3 is 5.32 Å². The van der Waals surface area contributed by atoms with Crippen molar-refractivity contribution >= 4 is 17.4 Å². The number of hydrogen-bond acceptors (Lipinski definition) is 4. The van der Waals surface area contributed by atoms with Crippen molar-refractivity contribution < 1.29 is 0 Å². The van der Waals surface area contributed by atoms with Crippen molar-refractivity contribution in [3.05, 3.63) is 16.5 Å². The molecule has 0 aromatic carbocycles. The number of likely N-dealkylation sites (tertiary alicyclic amines) is 1. The maximum absolute atomic E-state index is 6.20. The van der Waals surface area contributed by atoms with Gasteiger partial charge in [-0.1, -0.05) is 25.4 Å². The van der Waals surface area contributed by atoms with Crippen molar-refractivity contribution in [3.63, 3.8) is 0 Å². The molecule has 1 N–H and O–H groups in total. The predicted octanol–water partition coefficient (Wildman–Crippen LogP) is 3.29. The molecule has 2 heterocycles. The third-order valence-corrected chi connectivity index (χ3v) is 4.38. The Balaban J connectivity index is 2.04. The molecule has 0 radical (unpaired) electrons. The Morgan fingerprint density at radius 3 is 2.85 bits per heavy atom. The highest BCUT2D eigenvalue weighted by molar-refractivity contribution is 6.30. The first kappa shape index (κ1) is 15.5. The Morgan fingerprint density at radius 1 is 1.35 bits per heavy atom. The van der Waals surface area contributed by atoms with Gasteiger partial charge in [0.1, 0.15) is 16.8 Å². The molecular weight excluding hydrogens is 272 g/mol. The molecule has 112 valence electrons. The van der Waals surface area contributed by atoms with Gasteiger partial charge in [0.05, 0.1) is 0 Å². The van der Waals surface area contributed by atoms with Crippen molar-refractivity contribution in [2.45, 2.75) is 52.5 Å². The molecule has 0 amide bonds. The second-order valence-corrected chi connectivity index (χ2v) is 5.82. The van der Waals surface area contributed by atoms with Crippen molar-refractivity contribution in [1.29, 1.82) is 0 Å². The molecule has 2 rings (SSSR count). The number of aryl methyl sites for hydroxylation is 1. The Bertz CT molecular complexity index is 450. The van der Waals surface area contributed by atoms with Crippen LogP contribution in [0.25, 0.3) is 0 Å². The standard InChI is InChI=1S/C15H25ClN4/c1-4-7-13-18-14(16)11(3)15(19-13)17-10-12-8-6-9-20(12)5-2/h12H,4-10H2,1-3H3,(H,17,18,19). The molecule has 0 bridgehead atoms. The minimum atomic E-state index is 0.574. The van der Waals surface area contributed by atoms with E-state index in [4.69, 9.17) is 11.6 Å². The highest BCUT2D eigenvalue weighted by atomic mass is 35.5. The third kappa shape index (κ3) is 3.61. The lowest BCUT2D eigenvalue weighted by atomic mass is 10.2. The first-order chi connectivity index (χ1) is 9.65. The zero-order valence-corrected chi connectivity index (χ0v) is 13.5. The molecule has 5 heteroatoms. The van der Waals surface area contributed by atoms with E-state index in [-0.39, 0.29) is 0 Å². The van der Waals surface area contributed by atoms with Gasteiger partial charge >= 0.3 is 0 Å². The number of aromatic nitrogens is 2. The molecule has 1 atom stereocenters. The van der Waals surface area contributed by atoms with E-state index < -0.39 is 0 Å². The molecule has 0 saturated carbocycles. The number of rotatable bonds is 6. The summed E-state index contributed by atoms with van der Waals surface area (Å²) < 4.78 is 0. The molecule has 20 heavy (non-hydrogen) atoms. The minimum Gasteiger partial charge on any atom is -0.368 e. The number of nitrogens with one attached hydrogen (secondary N) is 1. The van der Waals surface area contributed by atoms with Gasteiger partial charge in [0.25, 0.3) is 0 Å². The van der Waals surface area contributed by atoms with E-state index in [9.17, 15) is 0 Å². The van der Waals surface area contributed by atoms with Crippen molar-refractivity contribution in [3.8, 4) is 0 Å². The quantitative estimate of drug-likeness (QED) is 0.818. The van der Waals surface area contributed by atoms with Crippen LogP contribution in [0.4, 0.5) is 5.82 Å². The fourth-order valence-electron chi connectivity index (χ4n) is 2.80. The van der Waals surface area contributed by atoms with Crippen LogP contribution >= 0.6 is 11.6 Å². The maximum atomic E-state index is 6.20. The summed E-state index contributed by atoms with van der Waals surface area (Å²) >= 11 is 6.20. The predicted molar refractivity (Wildman–Crippen MR) is 84.5 cm³/mol. The monoisotopic (exact) mass is 296 g/mol. The fraction of sp³-hybridized carbons (Fsp3) is 0.733. The topological polar surface area (TPSA) is 41.1 Å². The van der Waals surface area contributed by atoms with Crippen LogP contribution < -0.4 is 5.32 Å². The van der Waals surface area contributed by atoms with Crippen LogP contribution in [0.15, 0.2) is 0 Å². The highest BCUT2D eigenvalue weighted by Gasteiger charge is 2.23. The molecule has 1 aliphatic rings.